The van der Waals surface area contributed by atoms with Gasteiger partial charge in [-0.05, 0) is 42.7 Å². The van der Waals surface area contributed by atoms with Crippen LogP contribution in [0, 0.1) is 17.2 Å². The maximum absolute atomic E-state index is 13.0. The van der Waals surface area contributed by atoms with Crippen LogP contribution in [-0.2, 0) is 16.0 Å². The van der Waals surface area contributed by atoms with Crippen molar-refractivity contribution >= 4 is 35.3 Å². The number of aliphatic carboxylic acids is 2. The molecule has 6 N–H and O–H groups in total. The summed E-state index contributed by atoms with van der Waals surface area (Å²) in [6.45, 7) is 0.0835. The second-order valence-electron chi connectivity index (χ2n) is 7.94. The van der Waals surface area contributed by atoms with E-state index < -0.39 is 42.5 Å². The van der Waals surface area contributed by atoms with Crippen molar-refractivity contribution in [2.24, 2.45) is 22.4 Å². The number of carbonyl (C=O) groups excluding carboxylic acids is 2. The van der Waals surface area contributed by atoms with Gasteiger partial charge in [-0.2, -0.15) is 5.26 Å². The molecular formula is C24H22N4O8. The van der Waals surface area contributed by atoms with Gasteiger partial charge in [0.05, 0.1) is 47.4 Å². The molecule has 0 radical (unpaired) electrons. The first-order chi connectivity index (χ1) is 17.1. The van der Waals surface area contributed by atoms with Crippen LogP contribution in [0.2, 0.25) is 0 Å². The van der Waals surface area contributed by atoms with E-state index in [0.29, 0.717) is 24.1 Å². The number of carboxylic acids is 2. The van der Waals surface area contributed by atoms with Gasteiger partial charge in [-0.25, -0.2) is 9.79 Å². The highest BCUT2D eigenvalue weighted by atomic mass is 16.6. The van der Waals surface area contributed by atoms with Crippen LogP contribution in [0.25, 0.3) is 0 Å². The SMILES string of the molecule is N#Cc1cc2c(c(C(=O)C[C@@H](CC(=O)O)C(=O)O)c1)OCCCc1cc(N=C(N)N)ccc1C(=O)O2. The quantitative estimate of drug-likeness (QED) is 0.143. The summed E-state index contributed by atoms with van der Waals surface area (Å²) in [7, 11) is 0. The molecular weight excluding hydrogens is 472 g/mol. The molecule has 0 spiro atoms. The molecule has 0 saturated carbocycles. The Morgan fingerprint density at radius 2 is 1.89 bits per heavy atom. The molecule has 0 aliphatic carbocycles. The molecule has 0 saturated heterocycles. The Morgan fingerprint density at radius 3 is 2.53 bits per heavy atom. The topological polar surface area (TPSA) is 215 Å². The van der Waals surface area contributed by atoms with Gasteiger partial charge < -0.3 is 31.2 Å². The minimum atomic E-state index is -1.50. The van der Waals surface area contributed by atoms with Crippen LogP contribution < -0.4 is 20.9 Å². The van der Waals surface area contributed by atoms with Gasteiger partial charge in [0.1, 0.15) is 0 Å². The number of carbonyl (C=O) groups is 4. The summed E-state index contributed by atoms with van der Waals surface area (Å²) in [4.78, 5) is 52.5. The lowest BCUT2D eigenvalue weighted by Crippen LogP contribution is -2.22. The van der Waals surface area contributed by atoms with Crippen molar-refractivity contribution in [2.75, 3.05) is 6.61 Å². The fourth-order valence-electron chi connectivity index (χ4n) is 3.69. The van der Waals surface area contributed by atoms with E-state index in [9.17, 15) is 29.5 Å². The fraction of sp³-hybridized carbons (Fsp3) is 0.250. The highest BCUT2D eigenvalue weighted by molar-refractivity contribution is 6.02. The van der Waals surface area contributed by atoms with Crippen LogP contribution >= 0.6 is 0 Å². The Labute approximate surface area is 204 Å². The number of hydrogen-bond donors (Lipinski definition) is 4. The van der Waals surface area contributed by atoms with Crippen LogP contribution in [0.5, 0.6) is 11.5 Å². The third-order valence-corrected chi connectivity index (χ3v) is 5.29. The van der Waals surface area contributed by atoms with E-state index in [0.717, 1.165) is 0 Å². The van der Waals surface area contributed by atoms with Gasteiger partial charge in [0, 0.05) is 12.5 Å². The van der Waals surface area contributed by atoms with Crippen molar-refractivity contribution in [3.8, 4) is 17.6 Å². The van der Waals surface area contributed by atoms with E-state index in [4.69, 9.17) is 26.0 Å². The molecule has 0 aromatic heterocycles. The number of esters is 1. The summed E-state index contributed by atoms with van der Waals surface area (Å²) in [5.74, 6) is -6.36. The summed E-state index contributed by atoms with van der Waals surface area (Å²) in [6, 6.07) is 8.92. The van der Waals surface area contributed by atoms with Crippen molar-refractivity contribution in [2.45, 2.75) is 25.7 Å². The molecule has 1 aliphatic rings. The number of ether oxygens (including phenoxy) is 2. The zero-order chi connectivity index (χ0) is 26.4. The first kappa shape index (κ1) is 25.7. The normalized spacial score (nSPS) is 13.5. The summed E-state index contributed by atoms with van der Waals surface area (Å²) in [5, 5.41) is 27.7. The van der Waals surface area contributed by atoms with E-state index in [1.807, 2.05) is 6.07 Å². The van der Waals surface area contributed by atoms with Gasteiger partial charge in [-0.1, -0.05) is 0 Å². The average Bonchev–Trinajstić information content (AvgIpc) is 2.80. The number of rotatable bonds is 7. The molecule has 186 valence electrons. The lowest BCUT2D eigenvalue weighted by molar-refractivity contribution is -0.148. The Morgan fingerprint density at radius 1 is 1.14 bits per heavy atom. The standard InChI is InChI=1S/C24H22N4O8/c25-11-12-6-17(18(29)9-14(22(32)33)10-20(30)31)21-19(7-12)36-23(34)16-4-3-15(28-24(26)27)8-13(16)2-1-5-35-21/h3-4,6-8,14H,1-2,5,9-10H2,(H,30,31)(H,32,33)(H4,26,27,28)/t14-/m0/s1. The van der Waals surface area contributed by atoms with Gasteiger partial charge in [-0.15, -0.1) is 0 Å². The van der Waals surface area contributed by atoms with Crippen LogP contribution in [0.3, 0.4) is 0 Å². The molecule has 12 nitrogen and oxygen atoms in total. The number of nitrogens with two attached hydrogens (primary N) is 2. The second-order valence-corrected chi connectivity index (χ2v) is 7.94. The first-order valence-electron chi connectivity index (χ1n) is 10.7. The summed E-state index contributed by atoms with van der Waals surface area (Å²) in [5.41, 5.74) is 11.9. The third kappa shape index (κ3) is 6.15. The number of carboxylic acid groups (broad SMARTS) is 2. The first-order valence-corrected chi connectivity index (χ1v) is 10.7. The molecule has 0 unspecified atom stereocenters. The largest absolute Gasteiger partial charge is 0.489 e. The maximum Gasteiger partial charge on any atom is 0.343 e. The van der Waals surface area contributed by atoms with E-state index in [1.165, 1.54) is 24.3 Å². The number of Topliss-reactive ketones (excluding diaryl/α,β-unsaturated/α-hetero) is 1. The second kappa shape index (κ2) is 11.0. The lowest BCUT2D eigenvalue weighted by atomic mass is 9.94. The van der Waals surface area contributed by atoms with Crippen molar-refractivity contribution in [3.05, 3.63) is 52.6 Å². The Bertz CT molecular complexity index is 1310. The predicted octanol–water partition coefficient (Wildman–Crippen LogP) is 1.76. The summed E-state index contributed by atoms with van der Waals surface area (Å²) >= 11 is 0. The Hall–Kier alpha value is -4.92. The molecule has 3 rings (SSSR count). The van der Waals surface area contributed by atoms with Gasteiger partial charge >= 0.3 is 17.9 Å². The number of nitriles is 1. The lowest BCUT2D eigenvalue weighted by Gasteiger charge is -2.19. The third-order valence-electron chi connectivity index (χ3n) is 5.29. The number of ketones is 1. The van der Waals surface area contributed by atoms with Gasteiger partial charge in [0.15, 0.2) is 23.2 Å². The number of benzene rings is 2. The maximum atomic E-state index is 13.0. The van der Waals surface area contributed by atoms with Crippen LogP contribution in [-0.4, -0.2) is 46.5 Å². The minimum absolute atomic E-state index is 0.0426. The van der Waals surface area contributed by atoms with Crippen molar-refractivity contribution in [1.29, 1.82) is 5.26 Å². The number of aryl methyl sites for hydroxylation is 1. The molecule has 2 aromatic rings. The molecule has 1 aliphatic heterocycles. The number of guanidine groups is 1. The van der Waals surface area contributed by atoms with Crippen LogP contribution in [0.15, 0.2) is 35.3 Å². The van der Waals surface area contributed by atoms with Crippen LogP contribution in [0.1, 0.15) is 51.1 Å². The monoisotopic (exact) mass is 494 g/mol. The Balaban J connectivity index is 2.02. The molecule has 0 amide bonds. The molecule has 0 fully saturated rings. The summed E-state index contributed by atoms with van der Waals surface area (Å²) < 4.78 is 11.3. The number of nitrogens with zero attached hydrogens (tertiary/aromatic N) is 2. The van der Waals surface area contributed by atoms with Crippen molar-refractivity contribution < 1.29 is 38.9 Å². The van der Waals surface area contributed by atoms with Gasteiger partial charge in [0.2, 0.25) is 0 Å². The highest BCUT2D eigenvalue weighted by Gasteiger charge is 2.29. The number of aliphatic imine (C=N–C) groups is 1. The molecule has 12 heteroatoms. The predicted molar refractivity (Wildman–Crippen MR) is 124 cm³/mol. The fourth-order valence-corrected chi connectivity index (χ4v) is 3.69. The van der Waals surface area contributed by atoms with Gasteiger partial charge in [0.25, 0.3) is 0 Å². The number of hydrogen-bond acceptors (Lipinski definition) is 8. The number of fused-ring (bicyclic) bond motifs is 2. The van der Waals surface area contributed by atoms with E-state index in [2.05, 4.69) is 4.99 Å². The molecule has 2 aromatic carbocycles. The molecule has 0 bridgehead atoms. The smallest absolute Gasteiger partial charge is 0.343 e. The summed E-state index contributed by atoms with van der Waals surface area (Å²) in [6.07, 6.45) is -0.630. The van der Waals surface area contributed by atoms with Crippen molar-refractivity contribution in [1.82, 2.24) is 0 Å². The van der Waals surface area contributed by atoms with E-state index in [-0.39, 0.29) is 40.8 Å². The molecule has 1 heterocycles. The highest BCUT2D eigenvalue weighted by Crippen LogP contribution is 2.36. The van der Waals surface area contributed by atoms with Crippen LogP contribution in [0.4, 0.5) is 5.69 Å². The van der Waals surface area contributed by atoms with Gasteiger partial charge in [-0.3, -0.25) is 14.4 Å². The Kier molecular flexibility index (Phi) is 7.85. The van der Waals surface area contributed by atoms with E-state index in [1.54, 1.807) is 6.07 Å². The average molecular weight is 494 g/mol. The van der Waals surface area contributed by atoms with Crippen molar-refractivity contribution in [3.63, 3.8) is 0 Å². The zero-order valence-electron chi connectivity index (χ0n) is 18.9. The molecule has 36 heavy (non-hydrogen) atoms. The zero-order valence-corrected chi connectivity index (χ0v) is 18.9. The van der Waals surface area contributed by atoms with E-state index >= 15 is 0 Å². The minimum Gasteiger partial charge on any atom is -0.489 e. The molecule has 1 atom stereocenters.